The van der Waals surface area contributed by atoms with Crippen LogP contribution in [0.25, 0.3) is 22.2 Å². The predicted molar refractivity (Wildman–Crippen MR) is 112 cm³/mol. The van der Waals surface area contributed by atoms with Gasteiger partial charge in [0.05, 0.1) is 11.2 Å². The van der Waals surface area contributed by atoms with Crippen molar-refractivity contribution in [2.24, 2.45) is 5.73 Å². The molecule has 1 amide bonds. The Morgan fingerprint density at radius 1 is 1.30 bits per heavy atom. The van der Waals surface area contributed by atoms with Crippen molar-refractivity contribution in [1.82, 2.24) is 14.3 Å². The van der Waals surface area contributed by atoms with E-state index in [9.17, 15) is 4.79 Å². The van der Waals surface area contributed by atoms with E-state index in [0.717, 1.165) is 53.8 Å². The lowest BCUT2D eigenvalue weighted by molar-refractivity contribution is 0.0997. The fourth-order valence-electron chi connectivity index (χ4n) is 3.90. The predicted octanol–water partition coefficient (Wildman–Crippen LogP) is 4.18. The van der Waals surface area contributed by atoms with Crippen LogP contribution in [0.5, 0.6) is 0 Å². The zero-order chi connectivity index (χ0) is 18.8. The highest BCUT2D eigenvalue weighted by molar-refractivity contribution is 7.96. The number of nitrogens with two attached hydrogens (primary N) is 1. The van der Waals surface area contributed by atoms with Crippen molar-refractivity contribution in [3.05, 3.63) is 53.9 Å². The van der Waals surface area contributed by atoms with Gasteiger partial charge < -0.3 is 10.7 Å². The number of nitrogens with zero attached hydrogens (tertiary/aromatic N) is 2. The minimum atomic E-state index is -0.500. The van der Waals surface area contributed by atoms with E-state index in [-0.39, 0.29) is 0 Å². The number of piperidine rings is 1. The Bertz CT molecular complexity index is 945. The van der Waals surface area contributed by atoms with Gasteiger partial charge in [0.15, 0.2) is 5.69 Å². The Hall–Kier alpha value is -2.31. The number of rotatable bonds is 5. The molecule has 1 aliphatic heterocycles. The van der Waals surface area contributed by atoms with Gasteiger partial charge in [0.25, 0.3) is 5.91 Å². The quantitative estimate of drug-likeness (QED) is 0.651. The van der Waals surface area contributed by atoms with E-state index in [0.29, 0.717) is 11.6 Å². The molecule has 5 nitrogen and oxygen atoms in total. The molecule has 0 saturated carbocycles. The fourth-order valence-corrected chi connectivity index (χ4v) is 4.73. The number of fused-ring (bicyclic) bond motifs is 1. The van der Waals surface area contributed by atoms with Crippen LogP contribution in [-0.2, 0) is 0 Å². The summed E-state index contributed by atoms with van der Waals surface area (Å²) in [5, 5.41) is 1.07. The zero-order valence-electron chi connectivity index (χ0n) is 15.4. The van der Waals surface area contributed by atoms with Crippen molar-refractivity contribution in [2.45, 2.75) is 25.7 Å². The molecule has 3 aromatic rings. The van der Waals surface area contributed by atoms with Gasteiger partial charge in [-0.2, -0.15) is 0 Å². The second-order valence-corrected chi connectivity index (χ2v) is 8.23. The number of benzene rings is 1. The van der Waals surface area contributed by atoms with Gasteiger partial charge in [-0.25, -0.2) is 4.98 Å². The summed E-state index contributed by atoms with van der Waals surface area (Å²) in [5.74, 6) is 1.10. The van der Waals surface area contributed by atoms with E-state index in [1.165, 1.54) is 5.56 Å². The van der Waals surface area contributed by atoms with Crippen LogP contribution < -0.4 is 5.73 Å². The molecular weight excluding hydrogens is 356 g/mol. The average Bonchev–Trinajstić information content (AvgIpc) is 3.12. The topological polar surface area (TPSA) is 75.0 Å². The van der Waals surface area contributed by atoms with Gasteiger partial charge in [0, 0.05) is 36.0 Å². The summed E-state index contributed by atoms with van der Waals surface area (Å²) in [6, 6.07) is 12.0. The number of hydrogen-bond acceptors (Lipinski definition) is 4. The molecule has 140 valence electrons. The smallest absolute Gasteiger partial charge is 0.269 e. The molecule has 27 heavy (non-hydrogen) atoms. The molecule has 6 heteroatoms. The fraction of sp³-hybridized carbons (Fsp3) is 0.333. The van der Waals surface area contributed by atoms with Gasteiger partial charge in [-0.3, -0.25) is 9.10 Å². The van der Waals surface area contributed by atoms with Gasteiger partial charge >= 0.3 is 0 Å². The highest BCUT2D eigenvalue weighted by atomic mass is 32.2. The summed E-state index contributed by atoms with van der Waals surface area (Å²) in [4.78, 5) is 19.8. The van der Waals surface area contributed by atoms with E-state index >= 15 is 0 Å². The lowest BCUT2D eigenvalue weighted by atomic mass is 9.89. The van der Waals surface area contributed by atoms with E-state index < -0.39 is 5.91 Å². The van der Waals surface area contributed by atoms with E-state index in [2.05, 4.69) is 27.3 Å². The second-order valence-electron chi connectivity index (χ2n) is 6.87. The molecule has 1 aromatic carbocycles. The van der Waals surface area contributed by atoms with E-state index in [4.69, 9.17) is 5.73 Å². The highest BCUT2D eigenvalue weighted by Crippen LogP contribution is 2.36. The van der Waals surface area contributed by atoms with Crippen molar-refractivity contribution >= 4 is 28.8 Å². The van der Waals surface area contributed by atoms with Crippen molar-refractivity contribution in [3.63, 3.8) is 0 Å². The minimum Gasteiger partial charge on any atom is -0.364 e. The van der Waals surface area contributed by atoms with E-state index in [1.54, 1.807) is 0 Å². The van der Waals surface area contributed by atoms with Crippen LogP contribution in [0.4, 0.5) is 0 Å². The summed E-state index contributed by atoms with van der Waals surface area (Å²) < 4.78 is 2.46. The summed E-state index contributed by atoms with van der Waals surface area (Å²) in [6.45, 7) is 4.38. The molecule has 0 radical (unpaired) electrons. The van der Waals surface area contributed by atoms with Crippen LogP contribution in [0.2, 0.25) is 0 Å². The Balaban J connectivity index is 1.75. The SMILES string of the molecule is CCSN1CCC(c2c[nH]c3c(C(N)=O)nc(-c4ccccc4)cc23)CC1. The number of pyridine rings is 1. The van der Waals surface area contributed by atoms with Gasteiger partial charge in [-0.05, 0) is 30.4 Å². The first kappa shape index (κ1) is 18.1. The number of H-pyrrole nitrogens is 1. The molecular formula is C21H24N4OS. The lowest BCUT2D eigenvalue weighted by Crippen LogP contribution is -2.27. The van der Waals surface area contributed by atoms with Gasteiger partial charge in [-0.1, -0.05) is 49.2 Å². The molecule has 4 rings (SSSR count). The van der Waals surface area contributed by atoms with Crippen molar-refractivity contribution in [3.8, 4) is 11.3 Å². The monoisotopic (exact) mass is 380 g/mol. The van der Waals surface area contributed by atoms with Crippen LogP contribution in [0.3, 0.4) is 0 Å². The zero-order valence-corrected chi connectivity index (χ0v) is 16.3. The summed E-state index contributed by atoms with van der Waals surface area (Å²) in [6.07, 6.45) is 4.28. The Morgan fingerprint density at radius 2 is 2.04 bits per heavy atom. The molecule has 2 aromatic heterocycles. The molecule has 1 fully saturated rings. The largest absolute Gasteiger partial charge is 0.364 e. The minimum absolute atomic E-state index is 0.316. The first-order valence-corrected chi connectivity index (χ1v) is 10.4. The molecule has 3 heterocycles. The highest BCUT2D eigenvalue weighted by Gasteiger charge is 2.25. The number of amides is 1. The molecule has 1 saturated heterocycles. The van der Waals surface area contributed by atoms with Crippen LogP contribution in [0, 0.1) is 0 Å². The Labute approximate surface area is 163 Å². The third-order valence-electron chi connectivity index (χ3n) is 5.21. The average molecular weight is 381 g/mol. The number of primary amides is 1. The first-order valence-electron chi connectivity index (χ1n) is 9.42. The number of carbonyl (C=O) groups is 1. The molecule has 0 spiro atoms. The molecule has 0 aliphatic carbocycles. The first-order chi connectivity index (χ1) is 13.2. The molecule has 0 bridgehead atoms. The third kappa shape index (κ3) is 3.59. The van der Waals surface area contributed by atoms with Crippen LogP contribution >= 0.6 is 11.9 Å². The van der Waals surface area contributed by atoms with Crippen molar-refractivity contribution in [2.75, 3.05) is 18.8 Å². The molecule has 1 aliphatic rings. The summed E-state index contributed by atoms with van der Waals surface area (Å²) in [7, 11) is 0. The van der Waals surface area contributed by atoms with Crippen LogP contribution in [-0.4, -0.2) is 39.0 Å². The van der Waals surface area contributed by atoms with Gasteiger partial charge in [0.2, 0.25) is 0 Å². The maximum Gasteiger partial charge on any atom is 0.269 e. The molecule has 3 N–H and O–H groups in total. The Kier molecular flexibility index (Phi) is 5.18. The number of aromatic amines is 1. The maximum atomic E-state index is 12.0. The van der Waals surface area contributed by atoms with Gasteiger partial charge in [0.1, 0.15) is 0 Å². The molecule has 0 unspecified atom stereocenters. The standard InChI is InChI=1S/C21H24N4OS/c1-2-27-25-10-8-14(9-11-25)17-13-23-19-16(17)12-18(24-20(19)21(22)26)15-6-4-3-5-7-15/h3-7,12-14,23H,2,8-11H2,1H3,(H2,22,26). The lowest BCUT2D eigenvalue weighted by Gasteiger charge is -2.30. The molecule has 0 atom stereocenters. The van der Waals surface area contributed by atoms with Crippen LogP contribution in [0.15, 0.2) is 42.6 Å². The number of hydrogen-bond donors (Lipinski definition) is 2. The summed E-state index contributed by atoms with van der Waals surface area (Å²) in [5.41, 5.74) is 9.75. The van der Waals surface area contributed by atoms with E-state index in [1.807, 2.05) is 48.5 Å². The van der Waals surface area contributed by atoms with Crippen molar-refractivity contribution in [1.29, 1.82) is 0 Å². The number of aromatic nitrogens is 2. The van der Waals surface area contributed by atoms with Crippen molar-refractivity contribution < 1.29 is 4.79 Å². The maximum absolute atomic E-state index is 12.0. The Morgan fingerprint density at radius 3 is 2.70 bits per heavy atom. The number of carbonyl (C=O) groups excluding carboxylic acids is 1. The van der Waals surface area contributed by atoms with Crippen LogP contribution in [0.1, 0.15) is 41.7 Å². The summed E-state index contributed by atoms with van der Waals surface area (Å²) >= 11 is 1.92. The third-order valence-corrected chi connectivity index (χ3v) is 6.20. The van der Waals surface area contributed by atoms with Gasteiger partial charge in [-0.15, -0.1) is 0 Å². The number of nitrogens with one attached hydrogen (secondary N) is 1. The second kappa shape index (κ2) is 7.74. The normalized spacial score (nSPS) is 16.0.